The summed E-state index contributed by atoms with van der Waals surface area (Å²) in [6, 6.07) is 14.5. The monoisotopic (exact) mass is 383 g/mol. The lowest BCUT2D eigenvalue weighted by Crippen LogP contribution is -2.25. The number of alkyl halides is 1. The van der Waals surface area contributed by atoms with Crippen molar-refractivity contribution in [2.45, 2.75) is 25.4 Å². The average molecular weight is 383 g/mol. The summed E-state index contributed by atoms with van der Waals surface area (Å²) in [5, 5.41) is 8.96. The van der Waals surface area contributed by atoms with Gasteiger partial charge in [0.2, 0.25) is 0 Å². The second-order valence-electron chi connectivity index (χ2n) is 7.14. The molecular formula is C21H22FN3O3. The predicted octanol–water partition coefficient (Wildman–Crippen LogP) is 3.01. The maximum Gasteiger partial charge on any atom is 0.335 e. The SMILES string of the molecule is Cn1c(CO[C@H]2CN(Cc3ccc(C(=O)O)cc3)C[C@H]2F)nc2ccccc21. The Hall–Kier alpha value is -2.77. The number of likely N-dealkylation sites (tertiary alicyclic amines) is 1. The van der Waals surface area contributed by atoms with E-state index >= 15 is 0 Å². The van der Waals surface area contributed by atoms with Crippen LogP contribution in [0.3, 0.4) is 0 Å². The van der Waals surface area contributed by atoms with E-state index in [0.717, 1.165) is 22.4 Å². The highest BCUT2D eigenvalue weighted by molar-refractivity contribution is 5.87. The van der Waals surface area contributed by atoms with E-state index in [-0.39, 0.29) is 12.2 Å². The van der Waals surface area contributed by atoms with E-state index in [1.54, 1.807) is 24.3 Å². The molecule has 4 rings (SSSR count). The molecule has 0 amide bonds. The molecule has 0 unspecified atom stereocenters. The molecule has 28 heavy (non-hydrogen) atoms. The van der Waals surface area contributed by atoms with Crippen LogP contribution in [-0.4, -0.2) is 50.9 Å². The van der Waals surface area contributed by atoms with Gasteiger partial charge in [-0.05, 0) is 29.8 Å². The number of rotatable bonds is 6. The number of hydrogen-bond acceptors (Lipinski definition) is 4. The highest BCUT2D eigenvalue weighted by Gasteiger charge is 2.33. The number of hydrogen-bond donors (Lipinski definition) is 1. The molecule has 2 aromatic carbocycles. The predicted molar refractivity (Wildman–Crippen MR) is 103 cm³/mol. The van der Waals surface area contributed by atoms with Gasteiger partial charge in [0.05, 0.1) is 16.6 Å². The molecule has 7 heteroatoms. The first kappa shape index (κ1) is 18.6. The summed E-state index contributed by atoms with van der Waals surface area (Å²) in [4.78, 5) is 17.5. The maximum absolute atomic E-state index is 14.4. The van der Waals surface area contributed by atoms with Gasteiger partial charge in [0.15, 0.2) is 0 Å². The van der Waals surface area contributed by atoms with Gasteiger partial charge in [-0.25, -0.2) is 14.2 Å². The third-order valence-electron chi connectivity index (χ3n) is 5.19. The quantitative estimate of drug-likeness (QED) is 0.709. The zero-order chi connectivity index (χ0) is 19.7. The van der Waals surface area contributed by atoms with E-state index in [9.17, 15) is 9.18 Å². The second kappa shape index (κ2) is 7.69. The number of ether oxygens (including phenoxy) is 1. The van der Waals surface area contributed by atoms with Crippen LogP contribution in [0, 0.1) is 0 Å². The number of fused-ring (bicyclic) bond motifs is 1. The Kier molecular flexibility index (Phi) is 5.11. The number of halogens is 1. The number of para-hydroxylation sites is 2. The molecule has 2 atom stereocenters. The Balaban J connectivity index is 1.36. The summed E-state index contributed by atoms with van der Waals surface area (Å²) in [7, 11) is 1.93. The largest absolute Gasteiger partial charge is 0.478 e. The molecule has 1 fully saturated rings. The smallest absolute Gasteiger partial charge is 0.335 e. The minimum atomic E-state index is -1.06. The van der Waals surface area contributed by atoms with Crippen molar-refractivity contribution >= 4 is 17.0 Å². The van der Waals surface area contributed by atoms with Gasteiger partial charge in [0.1, 0.15) is 24.7 Å². The number of imidazole rings is 1. The van der Waals surface area contributed by atoms with Crippen molar-refractivity contribution in [2.75, 3.05) is 13.1 Å². The third-order valence-corrected chi connectivity index (χ3v) is 5.19. The molecule has 0 spiro atoms. The van der Waals surface area contributed by atoms with Crippen LogP contribution in [0.2, 0.25) is 0 Å². The number of aromatic nitrogens is 2. The number of carbonyl (C=O) groups is 1. The molecule has 1 aliphatic rings. The van der Waals surface area contributed by atoms with Crippen molar-refractivity contribution < 1.29 is 19.0 Å². The average Bonchev–Trinajstić information content (AvgIpc) is 3.20. The van der Waals surface area contributed by atoms with E-state index in [2.05, 4.69) is 4.98 Å². The molecule has 146 valence electrons. The summed E-state index contributed by atoms with van der Waals surface area (Å²) >= 11 is 0. The summed E-state index contributed by atoms with van der Waals surface area (Å²) in [5.74, 6) is -0.178. The maximum atomic E-state index is 14.4. The number of carboxylic acids is 1. The van der Waals surface area contributed by atoms with Gasteiger partial charge in [-0.2, -0.15) is 0 Å². The summed E-state index contributed by atoms with van der Waals surface area (Å²) < 4.78 is 22.3. The van der Waals surface area contributed by atoms with Gasteiger partial charge in [0.25, 0.3) is 0 Å². The topological polar surface area (TPSA) is 67.6 Å². The van der Waals surface area contributed by atoms with Crippen LogP contribution in [-0.2, 0) is 24.9 Å². The molecule has 1 aliphatic heterocycles. The molecule has 0 aliphatic carbocycles. The van der Waals surface area contributed by atoms with Crippen molar-refractivity contribution in [3.63, 3.8) is 0 Å². The van der Waals surface area contributed by atoms with Crippen LogP contribution >= 0.6 is 0 Å². The number of nitrogens with zero attached hydrogens (tertiary/aromatic N) is 3. The van der Waals surface area contributed by atoms with E-state index in [1.165, 1.54) is 0 Å². The van der Waals surface area contributed by atoms with Crippen molar-refractivity contribution in [3.8, 4) is 0 Å². The highest BCUT2D eigenvalue weighted by Crippen LogP contribution is 2.22. The molecule has 3 aromatic rings. The number of benzene rings is 2. The fraction of sp³-hybridized carbons (Fsp3) is 0.333. The van der Waals surface area contributed by atoms with Crippen molar-refractivity contribution in [3.05, 3.63) is 65.5 Å². The van der Waals surface area contributed by atoms with Gasteiger partial charge in [0, 0.05) is 26.7 Å². The Morgan fingerprint density at radius 2 is 1.96 bits per heavy atom. The van der Waals surface area contributed by atoms with E-state index in [1.807, 2.05) is 40.8 Å². The Labute approximate surface area is 162 Å². The fourth-order valence-electron chi connectivity index (χ4n) is 3.61. The number of aromatic carboxylic acids is 1. The molecule has 1 N–H and O–H groups in total. The summed E-state index contributed by atoms with van der Waals surface area (Å²) in [5.41, 5.74) is 3.12. The van der Waals surface area contributed by atoms with Gasteiger partial charge in [-0.15, -0.1) is 0 Å². The molecule has 2 heterocycles. The molecule has 0 radical (unpaired) electrons. The standard InChI is InChI=1S/C21H22FN3O3/c1-24-18-5-3-2-4-17(18)23-20(24)13-28-19-12-25(11-16(19)22)10-14-6-8-15(9-7-14)21(26)27/h2-9,16,19H,10-13H2,1H3,(H,26,27)/t16-,19+/m1/s1. The summed E-state index contributed by atoms with van der Waals surface area (Å²) in [6.07, 6.45) is -1.56. The molecule has 1 saturated heterocycles. The van der Waals surface area contributed by atoms with Crippen LogP contribution in [0.15, 0.2) is 48.5 Å². The van der Waals surface area contributed by atoms with Gasteiger partial charge in [-0.1, -0.05) is 24.3 Å². The van der Waals surface area contributed by atoms with Crippen LogP contribution in [0.25, 0.3) is 11.0 Å². The van der Waals surface area contributed by atoms with Gasteiger partial charge >= 0.3 is 5.97 Å². The lowest BCUT2D eigenvalue weighted by molar-refractivity contribution is 0.00749. The van der Waals surface area contributed by atoms with E-state index in [0.29, 0.717) is 19.6 Å². The Bertz CT molecular complexity index is 986. The zero-order valence-corrected chi connectivity index (χ0v) is 15.6. The minimum absolute atomic E-state index is 0.247. The first-order valence-electron chi connectivity index (χ1n) is 9.22. The third kappa shape index (κ3) is 3.76. The zero-order valence-electron chi connectivity index (χ0n) is 15.6. The van der Waals surface area contributed by atoms with Crippen molar-refractivity contribution in [1.82, 2.24) is 14.5 Å². The van der Waals surface area contributed by atoms with Crippen LogP contribution in [0.4, 0.5) is 4.39 Å². The van der Waals surface area contributed by atoms with Crippen LogP contribution in [0.1, 0.15) is 21.7 Å². The lowest BCUT2D eigenvalue weighted by atomic mass is 10.1. The molecule has 6 nitrogen and oxygen atoms in total. The van der Waals surface area contributed by atoms with Crippen molar-refractivity contribution in [2.24, 2.45) is 7.05 Å². The normalized spacial score (nSPS) is 20.1. The highest BCUT2D eigenvalue weighted by atomic mass is 19.1. The Morgan fingerprint density at radius 3 is 2.68 bits per heavy atom. The fourth-order valence-corrected chi connectivity index (χ4v) is 3.61. The van der Waals surface area contributed by atoms with Gasteiger partial charge < -0.3 is 14.4 Å². The number of carboxylic acid groups (broad SMARTS) is 1. The Morgan fingerprint density at radius 1 is 1.21 bits per heavy atom. The van der Waals surface area contributed by atoms with E-state index in [4.69, 9.17) is 9.84 Å². The second-order valence-corrected chi connectivity index (χ2v) is 7.14. The first-order chi connectivity index (χ1) is 13.5. The lowest BCUT2D eigenvalue weighted by Gasteiger charge is -2.16. The first-order valence-corrected chi connectivity index (χ1v) is 9.22. The number of aryl methyl sites for hydroxylation is 1. The molecule has 1 aromatic heterocycles. The van der Waals surface area contributed by atoms with E-state index < -0.39 is 18.2 Å². The molecular weight excluding hydrogens is 361 g/mol. The minimum Gasteiger partial charge on any atom is -0.478 e. The van der Waals surface area contributed by atoms with Crippen LogP contribution < -0.4 is 0 Å². The summed E-state index contributed by atoms with van der Waals surface area (Å²) in [6.45, 7) is 1.61. The van der Waals surface area contributed by atoms with Crippen LogP contribution in [0.5, 0.6) is 0 Å². The van der Waals surface area contributed by atoms with Gasteiger partial charge in [-0.3, -0.25) is 4.90 Å². The van der Waals surface area contributed by atoms with Crippen molar-refractivity contribution in [1.29, 1.82) is 0 Å². The molecule has 0 bridgehead atoms. The molecule has 0 saturated carbocycles.